The SMILES string of the molecule is CS(=O)(=O)c1cccc(-c2ccc(N)c(C(N)=O)n2)c1. The molecule has 6 nitrogen and oxygen atoms in total. The summed E-state index contributed by atoms with van der Waals surface area (Å²) in [6.45, 7) is 0. The molecule has 0 spiro atoms. The Morgan fingerprint density at radius 1 is 1.20 bits per heavy atom. The van der Waals surface area contributed by atoms with Crippen LogP contribution in [0, 0.1) is 0 Å². The zero-order chi connectivity index (χ0) is 14.9. The highest BCUT2D eigenvalue weighted by molar-refractivity contribution is 7.90. The van der Waals surface area contributed by atoms with Gasteiger partial charge in [-0.1, -0.05) is 12.1 Å². The van der Waals surface area contributed by atoms with Gasteiger partial charge < -0.3 is 11.5 Å². The van der Waals surface area contributed by atoms with Crippen molar-refractivity contribution in [2.24, 2.45) is 5.73 Å². The van der Waals surface area contributed by atoms with Gasteiger partial charge in [-0.2, -0.15) is 0 Å². The summed E-state index contributed by atoms with van der Waals surface area (Å²) >= 11 is 0. The zero-order valence-electron chi connectivity index (χ0n) is 10.7. The monoisotopic (exact) mass is 291 g/mol. The normalized spacial score (nSPS) is 11.2. The Kier molecular flexibility index (Phi) is 3.46. The number of carbonyl (C=O) groups excluding carboxylic acids is 1. The van der Waals surface area contributed by atoms with Crippen molar-refractivity contribution in [2.45, 2.75) is 4.90 Å². The van der Waals surface area contributed by atoms with Gasteiger partial charge in [0.25, 0.3) is 5.91 Å². The molecule has 2 aromatic rings. The summed E-state index contributed by atoms with van der Waals surface area (Å²) in [6, 6.07) is 9.38. The van der Waals surface area contributed by atoms with Crippen LogP contribution in [0.15, 0.2) is 41.3 Å². The lowest BCUT2D eigenvalue weighted by Gasteiger charge is -2.06. The van der Waals surface area contributed by atoms with E-state index in [4.69, 9.17) is 11.5 Å². The first kappa shape index (κ1) is 14.0. The van der Waals surface area contributed by atoms with Crippen LogP contribution in [-0.2, 0) is 9.84 Å². The molecule has 0 radical (unpaired) electrons. The summed E-state index contributed by atoms with van der Waals surface area (Å²) < 4.78 is 23.1. The molecule has 0 aliphatic heterocycles. The number of aromatic nitrogens is 1. The van der Waals surface area contributed by atoms with Crippen molar-refractivity contribution >= 4 is 21.4 Å². The second-order valence-electron chi connectivity index (χ2n) is 4.30. The molecule has 7 heteroatoms. The average molecular weight is 291 g/mol. The third-order valence-electron chi connectivity index (χ3n) is 2.72. The highest BCUT2D eigenvalue weighted by atomic mass is 32.2. The van der Waals surface area contributed by atoms with E-state index in [1.54, 1.807) is 18.2 Å². The predicted molar refractivity (Wildman–Crippen MR) is 75.7 cm³/mol. The molecule has 20 heavy (non-hydrogen) atoms. The molecule has 1 heterocycles. The Labute approximate surface area is 116 Å². The van der Waals surface area contributed by atoms with E-state index < -0.39 is 15.7 Å². The first-order valence-electron chi connectivity index (χ1n) is 5.66. The number of benzene rings is 1. The molecule has 0 fully saturated rings. The van der Waals surface area contributed by atoms with Crippen LogP contribution in [0.5, 0.6) is 0 Å². The van der Waals surface area contributed by atoms with E-state index in [9.17, 15) is 13.2 Å². The highest BCUT2D eigenvalue weighted by Gasteiger charge is 2.12. The molecule has 0 saturated heterocycles. The maximum absolute atomic E-state index is 11.5. The van der Waals surface area contributed by atoms with Crippen molar-refractivity contribution in [1.82, 2.24) is 4.98 Å². The number of hydrogen-bond acceptors (Lipinski definition) is 5. The van der Waals surface area contributed by atoms with Crippen LogP contribution in [-0.4, -0.2) is 25.6 Å². The molecule has 0 saturated carbocycles. The van der Waals surface area contributed by atoms with Crippen molar-refractivity contribution in [3.05, 3.63) is 42.1 Å². The van der Waals surface area contributed by atoms with Crippen molar-refractivity contribution in [3.8, 4) is 11.3 Å². The van der Waals surface area contributed by atoms with Gasteiger partial charge in [0.2, 0.25) is 0 Å². The minimum Gasteiger partial charge on any atom is -0.397 e. The fourth-order valence-electron chi connectivity index (χ4n) is 1.71. The zero-order valence-corrected chi connectivity index (χ0v) is 11.5. The van der Waals surface area contributed by atoms with Gasteiger partial charge in [0, 0.05) is 11.8 Å². The Bertz CT molecular complexity index is 785. The van der Waals surface area contributed by atoms with Crippen molar-refractivity contribution in [1.29, 1.82) is 0 Å². The molecule has 4 N–H and O–H groups in total. The van der Waals surface area contributed by atoms with E-state index in [0.717, 1.165) is 6.26 Å². The summed E-state index contributed by atoms with van der Waals surface area (Å²) in [6.07, 6.45) is 1.12. The van der Waals surface area contributed by atoms with Crippen LogP contribution in [0.25, 0.3) is 11.3 Å². The Hall–Kier alpha value is -2.41. The van der Waals surface area contributed by atoms with Crippen LogP contribution in [0.1, 0.15) is 10.5 Å². The molecule has 1 aromatic heterocycles. The van der Waals surface area contributed by atoms with Crippen LogP contribution in [0.2, 0.25) is 0 Å². The molecule has 0 atom stereocenters. The predicted octanol–water partition coefficient (Wildman–Crippen LogP) is 0.833. The van der Waals surface area contributed by atoms with Crippen molar-refractivity contribution in [2.75, 3.05) is 12.0 Å². The van der Waals surface area contributed by atoms with E-state index in [-0.39, 0.29) is 16.3 Å². The van der Waals surface area contributed by atoms with E-state index in [0.29, 0.717) is 11.3 Å². The number of pyridine rings is 1. The summed E-state index contributed by atoms with van der Waals surface area (Å²) in [5.74, 6) is -0.733. The van der Waals surface area contributed by atoms with Gasteiger partial charge in [-0.3, -0.25) is 4.79 Å². The third kappa shape index (κ3) is 2.77. The van der Waals surface area contributed by atoms with Gasteiger partial charge in [-0.15, -0.1) is 0 Å². The van der Waals surface area contributed by atoms with Gasteiger partial charge in [0.05, 0.1) is 16.3 Å². The van der Waals surface area contributed by atoms with Gasteiger partial charge >= 0.3 is 0 Å². The smallest absolute Gasteiger partial charge is 0.269 e. The number of nitrogens with two attached hydrogens (primary N) is 2. The largest absolute Gasteiger partial charge is 0.397 e. The second-order valence-corrected chi connectivity index (χ2v) is 6.31. The van der Waals surface area contributed by atoms with E-state index in [1.165, 1.54) is 18.2 Å². The number of nitrogen functional groups attached to an aromatic ring is 1. The summed E-state index contributed by atoms with van der Waals surface area (Å²) in [4.78, 5) is 15.5. The molecule has 2 rings (SSSR count). The standard InChI is InChI=1S/C13H13N3O3S/c1-20(18,19)9-4-2-3-8(7-9)11-6-5-10(14)12(16-11)13(15)17/h2-7H,14H2,1H3,(H2,15,17). The Morgan fingerprint density at radius 2 is 1.90 bits per heavy atom. The van der Waals surface area contributed by atoms with Crippen LogP contribution in [0.3, 0.4) is 0 Å². The molecule has 0 bridgehead atoms. The van der Waals surface area contributed by atoms with Gasteiger partial charge in [0.15, 0.2) is 15.5 Å². The maximum atomic E-state index is 11.5. The first-order chi connectivity index (χ1) is 9.29. The van der Waals surface area contributed by atoms with Crippen LogP contribution < -0.4 is 11.5 Å². The van der Waals surface area contributed by atoms with Crippen LogP contribution >= 0.6 is 0 Å². The van der Waals surface area contributed by atoms with Gasteiger partial charge in [-0.25, -0.2) is 13.4 Å². The molecule has 0 unspecified atom stereocenters. The number of anilines is 1. The number of rotatable bonds is 3. The Morgan fingerprint density at radius 3 is 2.50 bits per heavy atom. The maximum Gasteiger partial charge on any atom is 0.269 e. The first-order valence-corrected chi connectivity index (χ1v) is 7.55. The minimum absolute atomic E-state index is 0.0349. The molecule has 0 aliphatic rings. The van der Waals surface area contributed by atoms with E-state index in [2.05, 4.69) is 4.98 Å². The second kappa shape index (κ2) is 4.93. The molecule has 104 valence electrons. The molecular formula is C13H13N3O3S. The highest BCUT2D eigenvalue weighted by Crippen LogP contribution is 2.22. The number of nitrogens with zero attached hydrogens (tertiary/aromatic N) is 1. The summed E-state index contributed by atoms with van der Waals surface area (Å²) in [5, 5.41) is 0. The van der Waals surface area contributed by atoms with Crippen molar-refractivity contribution < 1.29 is 13.2 Å². The number of primary amides is 1. The summed E-state index contributed by atoms with van der Waals surface area (Å²) in [7, 11) is -3.31. The molecule has 1 amide bonds. The molecule has 1 aromatic carbocycles. The summed E-state index contributed by atoms with van der Waals surface area (Å²) in [5.41, 5.74) is 11.9. The fraction of sp³-hybridized carbons (Fsp3) is 0.0769. The lowest BCUT2D eigenvalue weighted by atomic mass is 10.1. The molecular weight excluding hydrogens is 278 g/mol. The van der Waals surface area contributed by atoms with Gasteiger partial charge in [0.1, 0.15) is 0 Å². The topological polar surface area (TPSA) is 116 Å². The molecule has 0 aliphatic carbocycles. The third-order valence-corrected chi connectivity index (χ3v) is 3.83. The van der Waals surface area contributed by atoms with E-state index in [1.807, 2.05) is 0 Å². The fourth-order valence-corrected chi connectivity index (χ4v) is 2.38. The lowest BCUT2D eigenvalue weighted by molar-refractivity contribution is 0.0996. The quantitative estimate of drug-likeness (QED) is 0.869. The average Bonchev–Trinajstić information content (AvgIpc) is 2.38. The van der Waals surface area contributed by atoms with Crippen molar-refractivity contribution in [3.63, 3.8) is 0 Å². The van der Waals surface area contributed by atoms with E-state index >= 15 is 0 Å². The lowest BCUT2D eigenvalue weighted by Crippen LogP contribution is -2.15. The van der Waals surface area contributed by atoms with Crippen LogP contribution in [0.4, 0.5) is 5.69 Å². The number of sulfone groups is 1. The number of hydrogen-bond donors (Lipinski definition) is 2. The number of carbonyl (C=O) groups is 1. The Balaban J connectivity index is 2.58. The van der Waals surface area contributed by atoms with Gasteiger partial charge in [-0.05, 0) is 24.3 Å². The minimum atomic E-state index is -3.31. The number of amides is 1.